The van der Waals surface area contributed by atoms with Crippen LogP contribution in [0.25, 0.3) is 0 Å². The fraction of sp³-hybridized carbons (Fsp3) is 0.833. The monoisotopic (exact) mass is 723 g/mol. The number of allylic oxidation sites excluding steroid dienone is 1. The molecule has 1 heterocycles. The molecule has 6 unspecified atom stereocenters. The van der Waals surface area contributed by atoms with E-state index < -0.39 is 22.9 Å². The fourth-order valence-corrected chi connectivity index (χ4v) is 13.0. The van der Waals surface area contributed by atoms with E-state index in [-0.39, 0.29) is 64.4 Å². The molecule has 290 valence electrons. The third-order valence-corrected chi connectivity index (χ3v) is 15.6. The molecule has 1 saturated heterocycles. The van der Waals surface area contributed by atoms with Crippen LogP contribution in [0.3, 0.4) is 0 Å². The van der Waals surface area contributed by atoms with E-state index in [2.05, 4.69) is 52.2 Å². The van der Waals surface area contributed by atoms with Gasteiger partial charge in [0, 0.05) is 37.9 Å². The first-order chi connectivity index (χ1) is 24.2. The topological polar surface area (TPSA) is 142 Å². The summed E-state index contributed by atoms with van der Waals surface area (Å²) in [5.41, 5.74) is 0.247. The minimum Gasteiger partial charge on any atom is -0.481 e. The van der Waals surface area contributed by atoms with E-state index in [1.54, 1.807) is 20.8 Å². The molecule has 1 aliphatic heterocycles. The lowest BCUT2D eigenvalue weighted by Crippen LogP contribution is -2.64. The molecule has 0 aromatic rings. The van der Waals surface area contributed by atoms with Crippen LogP contribution in [-0.2, 0) is 23.9 Å². The zero-order valence-corrected chi connectivity index (χ0v) is 33.3. The standard InChI is InChI=1S/C42H65N3O7/c1-24(2)34-29(47)22-42(44-37(51)43-26-15-20-45(21-16-26)25(3)46)19-12-28-27(35(34)42)10-11-31-40(28,8)17-13-30-39(6,7)32(14-18-41(30,31)9)52-33(48)23-38(4,5)36(49)50/h24,26-28,30-32H,10-23H2,1-9H3,(H,49,50)(H2,43,44,51)/t27?,28?,30?,31?,32-,40-,41?,42?/m0/s1. The molecule has 4 saturated carbocycles. The SMILES string of the molecule is CC(=O)N1CCC(NC(=O)NC23CCC4C(CCC5C6(C)CC[C@H](OC(=O)CC(C)(C)C(=O)O)C(C)(C)C6CC[C@@]45C)C2=C(C(C)C)C(=O)C3)CC1. The Hall–Kier alpha value is -2.91. The zero-order chi connectivity index (χ0) is 38.2. The Morgan fingerprint density at radius 3 is 2.17 bits per heavy atom. The second-order valence-electron chi connectivity index (χ2n) is 19.7. The second kappa shape index (κ2) is 13.4. The molecule has 6 aliphatic rings. The quantitative estimate of drug-likeness (QED) is 0.239. The Bertz CT molecular complexity index is 1520. The van der Waals surface area contributed by atoms with Gasteiger partial charge in [0.25, 0.3) is 0 Å². The summed E-state index contributed by atoms with van der Waals surface area (Å²) in [6, 6.07) is -0.198. The van der Waals surface area contributed by atoms with Crippen LogP contribution in [0.5, 0.6) is 0 Å². The number of urea groups is 1. The molecule has 0 aromatic carbocycles. The van der Waals surface area contributed by atoms with E-state index >= 15 is 0 Å². The Labute approximate surface area is 311 Å². The van der Waals surface area contributed by atoms with Crippen LogP contribution in [0.15, 0.2) is 11.1 Å². The number of ether oxygens (including phenoxy) is 1. The number of hydrogen-bond acceptors (Lipinski definition) is 6. The average Bonchev–Trinajstić information content (AvgIpc) is 3.33. The highest BCUT2D eigenvalue weighted by Gasteiger charge is 2.67. The minimum absolute atomic E-state index is 0.00201. The van der Waals surface area contributed by atoms with Crippen molar-refractivity contribution in [3.63, 3.8) is 0 Å². The molecule has 10 nitrogen and oxygen atoms in total. The lowest BCUT2D eigenvalue weighted by Gasteiger charge is -2.68. The Morgan fingerprint density at radius 2 is 1.56 bits per heavy atom. The maximum atomic E-state index is 13.9. The second-order valence-corrected chi connectivity index (χ2v) is 19.7. The van der Waals surface area contributed by atoms with Crippen molar-refractivity contribution in [1.29, 1.82) is 0 Å². The first-order valence-electron chi connectivity index (χ1n) is 20.2. The Morgan fingerprint density at radius 1 is 0.904 bits per heavy atom. The number of carboxylic acid groups (broad SMARTS) is 1. The van der Waals surface area contributed by atoms with Crippen LogP contribution in [0.2, 0.25) is 0 Å². The van der Waals surface area contributed by atoms with E-state index in [1.807, 2.05) is 4.90 Å². The predicted octanol–water partition coefficient (Wildman–Crippen LogP) is 7.05. The number of nitrogens with one attached hydrogen (secondary N) is 2. The van der Waals surface area contributed by atoms with Crippen molar-refractivity contribution in [1.82, 2.24) is 15.5 Å². The van der Waals surface area contributed by atoms with Gasteiger partial charge in [-0.15, -0.1) is 0 Å². The van der Waals surface area contributed by atoms with Gasteiger partial charge in [0.15, 0.2) is 5.78 Å². The molecule has 0 aromatic heterocycles. The molecule has 52 heavy (non-hydrogen) atoms. The van der Waals surface area contributed by atoms with E-state index in [1.165, 1.54) is 5.57 Å². The maximum absolute atomic E-state index is 13.9. The smallest absolute Gasteiger partial charge is 0.315 e. The molecule has 0 bridgehead atoms. The number of nitrogens with zero attached hydrogens (tertiary/aromatic N) is 1. The van der Waals surface area contributed by atoms with Crippen molar-refractivity contribution < 1.29 is 33.8 Å². The van der Waals surface area contributed by atoms with E-state index in [4.69, 9.17) is 4.74 Å². The predicted molar refractivity (Wildman–Crippen MR) is 198 cm³/mol. The normalized spacial score (nSPS) is 37.4. The molecule has 5 aliphatic carbocycles. The molecule has 0 radical (unpaired) electrons. The molecular weight excluding hydrogens is 658 g/mol. The van der Waals surface area contributed by atoms with Gasteiger partial charge in [-0.3, -0.25) is 19.2 Å². The molecule has 5 fully saturated rings. The first-order valence-corrected chi connectivity index (χ1v) is 20.2. The van der Waals surface area contributed by atoms with Gasteiger partial charge in [-0.25, -0.2) is 4.79 Å². The number of fused-ring (bicyclic) bond motifs is 7. The molecule has 3 amide bonds. The summed E-state index contributed by atoms with van der Waals surface area (Å²) in [5, 5.41) is 16.2. The van der Waals surface area contributed by atoms with Crippen LogP contribution >= 0.6 is 0 Å². The number of ketones is 1. The van der Waals surface area contributed by atoms with Gasteiger partial charge in [0.1, 0.15) is 6.10 Å². The Kier molecular flexibility index (Phi) is 10.0. The molecular formula is C42H65N3O7. The van der Waals surface area contributed by atoms with Crippen molar-refractivity contribution in [2.75, 3.05) is 13.1 Å². The summed E-state index contributed by atoms with van der Waals surface area (Å²) < 4.78 is 6.13. The van der Waals surface area contributed by atoms with E-state index in [0.29, 0.717) is 37.3 Å². The summed E-state index contributed by atoms with van der Waals surface area (Å²) in [5.74, 6) is 0.442. The molecule has 8 atom stereocenters. The first kappa shape index (κ1) is 38.8. The average molecular weight is 724 g/mol. The van der Waals surface area contributed by atoms with Crippen molar-refractivity contribution in [3.8, 4) is 0 Å². The highest BCUT2D eigenvalue weighted by molar-refractivity contribution is 6.02. The molecule has 0 spiro atoms. The van der Waals surface area contributed by atoms with Gasteiger partial charge in [-0.2, -0.15) is 0 Å². The highest BCUT2D eigenvalue weighted by Crippen LogP contribution is 2.72. The van der Waals surface area contributed by atoms with Crippen molar-refractivity contribution >= 4 is 29.7 Å². The number of carbonyl (C=O) groups is 5. The van der Waals surface area contributed by atoms with Gasteiger partial charge in [0.2, 0.25) is 5.91 Å². The van der Waals surface area contributed by atoms with Crippen LogP contribution in [0.4, 0.5) is 4.79 Å². The van der Waals surface area contributed by atoms with E-state index in [0.717, 1.165) is 69.8 Å². The number of Topliss-reactive ketones (excluding diaryl/α,β-unsaturated/α-hetero) is 1. The summed E-state index contributed by atoms with van der Waals surface area (Å²) >= 11 is 0. The van der Waals surface area contributed by atoms with Gasteiger partial charge in [0.05, 0.1) is 17.4 Å². The lowest BCUT2D eigenvalue weighted by molar-refractivity contribution is -0.213. The summed E-state index contributed by atoms with van der Waals surface area (Å²) in [6.07, 6.45) is 9.07. The summed E-state index contributed by atoms with van der Waals surface area (Å²) in [6.45, 7) is 19.8. The van der Waals surface area contributed by atoms with Crippen LogP contribution in [0.1, 0.15) is 139 Å². The summed E-state index contributed by atoms with van der Waals surface area (Å²) in [4.78, 5) is 66.0. The van der Waals surface area contributed by atoms with Gasteiger partial charge in [-0.1, -0.05) is 41.5 Å². The van der Waals surface area contributed by atoms with Crippen molar-refractivity contribution in [2.45, 2.75) is 157 Å². The van der Waals surface area contributed by atoms with Crippen LogP contribution in [-0.4, -0.2) is 70.4 Å². The summed E-state index contributed by atoms with van der Waals surface area (Å²) in [7, 11) is 0. The molecule has 6 rings (SSSR count). The molecule has 10 heteroatoms. The van der Waals surface area contributed by atoms with Crippen molar-refractivity contribution in [2.24, 2.45) is 51.2 Å². The third-order valence-electron chi connectivity index (χ3n) is 15.6. The third kappa shape index (κ3) is 6.39. The number of hydrogen-bond donors (Lipinski definition) is 3. The van der Waals surface area contributed by atoms with Crippen LogP contribution in [0, 0.1) is 51.2 Å². The lowest BCUT2D eigenvalue weighted by atomic mass is 9.37. The number of carbonyl (C=O) groups excluding carboxylic acids is 4. The van der Waals surface area contributed by atoms with Gasteiger partial charge in [-0.05, 0) is 130 Å². The van der Waals surface area contributed by atoms with E-state index in [9.17, 15) is 29.1 Å². The van der Waals surface area contributed by atoms with Crippen molar-refractivity contribution in [3.05, 3.63) is 11.1 Å². The maximum Gasteiger partial charge on any atom is 0.315 e. The van der Waals surface area contributed by atoms with Crippen LogP contribution < -0.4 is 10.6 Å². The number of amides is 3. The Balaban J connectivity index is 1.21. The number of esters is 1. The number of rotatable bonds is 7. The minimum atomic E-state index is -1.17. The zero-order valence-electron chi connectivity index (χ0n) is 33.3. The number of likely N-dealkylation sites (tertiary alicyclic amines) is 1. The fourth-order valence-electron chi connectivity index (χ4n) is 13.0. The number of piperidine rings is 1. The van der Waals surface area contributed by atoms with Gasteiger partial charge < -0.3 is 25.4 Å². The largest absolute Gasteiger partial charge is 0.481 e. The molecule has 3 N–H and O–H groups in total. The highest BCUT2D eigenvalue weighted by atomic mass is 16.5. The number of aliphatic carboxylic acids is 1. The number of carboxylic acids is 1. The van der Waals surface area contributed by atoms with Gasteiger partial charge >= 0.3 is 18.0 Å².